The smallest absolute Gasteiger partial charge is 0.246 e. The molecule has 0 aromatic rings. The van der Waals surface area contributed by atoms with Crippen LogP contribution in [0.1, 0.15) is 106 Å². The van der Waals surface area contributed by atoms with Gasteiger partial charge in [0.15, 0.2) is 0 Å². The number of likely N-dealkylation sites (N-methyl/N-ethyl adjacent to an activating group) is 1. The fourth-order valence-corrected chi connectivity index (χ4v) is 3.62. The Hall–Kier alpha value is -0.790. The van der Waals surface area contributed by atoms with E-state index >= 15 is 0 Å². The van der Waals surface area contributed by atoms with Gasteiger partial charge < -0.3 is 4.90 Å². The van der Waals surface area contributed by atoms with Crippen molar-refractivity contribution in [2.75, 3.05) is 13.1 Å². The molecule has 2 nitrogen and oxygen atoms in total. The molecule has 0 aliphatic rings. The Kier molecular flexibility index (Phi) is 14.8. The van der Waals surface area contributed by atoms with Crippen LogP contribution in [-0.4, -0.2) is 23.9 Å². The molecule has 0 aliphatic heterocycles. The molecule has 1 amide bonds. The summed E-state index contributed by atoms with van der Waals surface area (Å²) in [4.78, 5) is 14.0. The molecular weight excluding hydrogens is 318 g/mol. The highest BCUT2D eigenvalue weighted by molar-refractivity contribution is 5.88. The molecule has 0 aliphatic carbocycles. The van der Waals surface area contributed by atoms with Crippen molar-refractivity contribution in [1.29, 1.82) is 0 Å². The van der Waals surface area contributed by atoms with Gasteiger partial charge in [-0.2, -0.15) is 0 Å². The molecule has 0 bridgehead atoms. The van der Waals surface area contributed by atoms with Gasteiger partial charge in [-0.3, -0.25) is 4.79 Å². The quantitative estimate of drug-likeness (QED) is 0.280. The van der Waals surface area contributed by atoms with Crippen LogP contribution in [0, 0.1) is 17.8 Å². The predicted molar refractivity (Wildman–Crippen MR) is 116 cm³/mol. The van der Waals surface area contributed by atoms with Crippen molar-refractivity contribution in [2.24, 2.45) is 17.8 Å². The number of nitrogens with zero attached hydrogens (tertiary/aromatic N) is 1. The third-order valence-corrected chi connectivity index (χ3v) is 5.59. The van der Waals surface area contributed by atoms with E-state index in [1.165, 1.54) is 56.9 Å². The number of carbonyl (C=O) groups excluding carboxylic acids is 1. The van der Waals surface area contributed by atoms with Gasteiger partial charge in [-0.25, -0.2) is 0 Å². The van der Waals surface area contributed by atoms with Crippen LogP contribution < -0.4 is 0 Å². The minimum absolute atomic E-state index is 0.173. The van der Waals surface area contributed by atoms with Crippen molar-refractivity contribution in [2.45, 2.75) is 106 Å². The Labute approximate surface area is 164 Å². The lowest BCUT2D eigenvalue weighted by Gasteiger charge is -2.17. The highest BCUT2D eigenvalue weighted by atomic mass is 16.2. The Bertz CT molecular complexity index is 382. The molecule has 0 fully saturated rings. The van der Waals surface area contributed by atoms with Gasteiger partial charge in [0.25, 0.3) is 0 Å². The Balaban J connectivity index is 3.85. The van der Waals surface area contributed by atoms with Crippen LogP contribution in [0.15, 0.2) is 11.6 Å². The van der Waals surface area contributed by atoms with Gasteiger partial charge in [-0.15, -0.1) is 0 Å². The van der Waals surface area contributed by atoms with Crippen molar-refractivity contribution in [3.8, 4) is 0 Å². The number of rotatable bonds is 15. The van der Waals surface area contributed by atoms with Crippen LogP contribution >= 0.6 is 0 Å². The summed E-state index contributed by atoms with van der Waals surface area (Å²) < 4.78 is 0. The summed E-state index contributed by atoms with van der Waals surface area (Å²) >= 11 is 0. The van der Waals surface area contributed by atoms with Crippen LogP contribution in [0.25, 0.3) is 0 Å². The number of hydrogen-bond acceptors (Lipinski definition) is 1. The summed E-state index contributed by atoms with van der Waals surface area (Å²) in [6, 6.07) is 0. The third kappa shape index (κ3) is 13.4. The van der Waals surface area contributed by atoms with E-state index in [4.69, 9.17) is 0 Å². The molecule has 2 heteroatoms. The number of amides is 1. The third-order valence-electron chi connectivity index (χ3n) is 5.59. The lowest BCUT2D eigenvalue weighted by molar-refractivity contribution is -0.125. The van der Waals surface area contributed by atoms with Crippen LogP contribution in [0.5, 0.6) is 0 Å². The highest BCUT2D eigenvalue weighted by Gasteiger charge is 2.08. The number of carbonyl (C=O) groups is 1. The van der Waals surface area contributed by atoms with E-state index in [0.29, 0.717) is 0 Å². The Morgan fingerprint density at radius 2 is 1.27 bits per heavy atom. The fourth-order valence-electron chi connectivity index (χ4n) is 3.62. The average molecular weight is 366 g/mol. The summed E-state index contributed by atoms with van der Waals surface area (Å²) in [5.74, 6) is 2.72. The van der Waals surface area contributed by atoms with Crippen LogP contribution in [0.4, 0.5) is 0 Å². The van der Waals surface area contributed by atoms with Gasteiger partial charge >= 0.3 is 0 Å². The van der Waals surface area contributed by atoms with Gasteiger partial charge in [-0.05, 0) is 51.4 Å². The number of allylic oxidation sites excluding steroid dienone is 1. The molecule has 0 aromatic carbocycles. The molecule has 2 unspecified atom stereocenters. The zero-order valence-electron chi connectivity index (χ0n) is 18.9. The van der Waals surface area contributed by atoms with Crippen LogP contribution in [0.2, 0.25) is 0 Å². The van der Waals surface area contributed by atoms with Gasteiger partial charge in [0.05, 0.1) is 0 Å². The average Bonchev–Trinajstić information content (AvgIpc) is 2.55. The van der Waals surface area contributed by atoms with Gasteiger partial charge in [-0.1, -0.05) is 78.2 Å². The van der Waals surface area contributed by atoms with E-state index in [1.807, 2.05) is 24.8 Å². The van der Waals surface area contributed by atoms with Gasteiger partial charge in [0.2, 0.25) is 5.91 Å². The van der Waals surface area contributed by atoms with E-state index < -0.39 is 0 Å². The van der Waals surface area contributed by atoms with Crippen molar-refractivity contribution in [1.82, 2.24) is 4.90 Å². The summed E-state index contributed by atoms with van der Waals surface area (Å²) in [5, 5.41) is 0. The lowest BCUT2D eigenvalue weighted by atomic mass is 9.91. The van der Waals surface area contributed by atoms with E-state index in [-0.39, 0.29) is 5.91 Å². The summed E-state index contributed by atoms with van der Waals surface area (Å²) in [7, 11) is 0. The summed E-state index contributed by atoms with van der Waals surface area (Å²) in [6.07, 6.45) is 13.7. The van der Waals surface area contributed by atoms with Crippen LogP contribution in [-0.2, 0) is 4.79 Å². The number of hydrogen-bond donors (Lipinski definition) is 0. The lowest BCUT2D eigenvalue weighted by Crippen LogP contribution is -2.28. The molecule has 0 aromatic heterocycles. The fraction of sp³-hybridized carbons (Fsp3) is 0.875. The highest BCUT2D eigenvalue weighted by Crippen LogP contribution is 2.22. The topological polar surface area (TPSA) is 20.3 Å². The monoisotopic (exact) mass is 365 g/mol. The minimum Gasteiger partial charge on any atom is -0.340 e. The Morgan fingerprint density at radius 3 is 1.73 bits per heavy atom. The van der Waals surface area contributed by atoms with Crippen molar-refractivity contribution in [3.05, 3.63) is 11.6 Å². The van der Waals surface area contributed by atoms with Crippen LogP contribution in [0.3, 0.4) is 0 Å². The molecule has 26 heavy (non-hydrogen) atoms. The molecule has 0 spiro atoms. The van der Waals surface area contributed by atoms with E-state index in [2.05, 4.69) is 34.6 Å². The Morgan fingerprint density at radius 1 is 0.808 bits per heavy atom. The molecule has 0 rings (SSSR count). The molecule has 0 saturated heterocycles. The molecule has 0 radical (unpaired) electrons. The van der Waals surface area contributed by atoms with E-state index in [0.717, 1.165) is 37.3 Å². The predicted octanol–water partition coefficient (Wildman–Crippen LogP) is 7.24. The van der Waals surface area contributed by atoms with Crippen molar-refractivity contribution < 1.29 is 4.79 Å². The first-order valence-electron chi connectivity index (χ1n) is 11.3. The van der Waals surface area contributed by atoms with Gasteiger partial charge in [0.1, 0.15) is 0 Å². The second-order valence-electron chi connectivity index (χ2n) is 8.86. The molecular formula is C24H47NO. The second-order valence-corrected chi connectivity index (χ2v) is 8.86. The maximum Gasteiger partial charge on any atom is 0.246 e. The summed E-state index contributed by atoms with van der Waals surface area (Å²) in [6.45, 7) is 17.2. The largest absolute Gasteiger partial charge is 0.340 e. The second kappa shape index (κ2) is 15.3. The first-order chi connectivity index (χ1) is 12.3. The van der Waals surface area contributed by atoms with Gasteiger partial charge in [0, 0.05) is 19.2 Å². The molecule has 0 saturated carbocycles. The zero-order chi connectivity index (χ0) is 19.9. The maximum absolute atomic E-state index is 12.1. The SMILES string of the molecule is CCN(CC)C(=O)/C=C(\C)CCCC(C)CCCC(C)CCCC(C)C. The normalized spacial score (nSPS) is 14.5. The molecule has 0 heterocycles. The first-order valence-corrected chi connectivity index (χ1v) is 11.3. The van der Waals surface area contributed by atoms with E-state index in [9.17, 15) is 4.79 Å². The zero-order valence-corrected chi connectivity index (χ0v) is 18.9. The van der Waals surface area contributed by atoms with Crippen molar-refractivity contribution >= 4 is 5.91 Å². The first kappa shape index (κ1) is 25.2. The van der Waals surface area contributed by atoms with Crippen molar-refractivity contribution in [3.63, 3.8) is 0 Å². The molecule has 2 atom stereocenters. The summed E-state index contributed by atoms with van der Waals surface area (Å²) in [5.41, 5.74) is 1.23. The maximum atomic E-state index is 12.1. The molecule has 0 N–H and O–H groups in total. The minimum atomic E-state index is 0.173. The standard InChI is InChI=1S/C24H47NO/c1-8-25(9-2)24(26)19-23(7)18-12-17-22(6)16-11-15-21(5)14-10-13-20(3)4/h19-22H,8-18H2,1-7H3/b23-19+. The molecule has 154 valence electrons. The van der Waals surface area contributed by atoms with E-state index in [1.54, 1.807) is 0 Å².